The number of aromatic nitrogens is 1. The van der Waals surface area contributed by atoms with Gasteiger partial charge in [0.2, 0.25) is 5.78 Å². The highest BCUT2D eigenvalue weighted by Gasteiger charge is 2.30. The van der Waals surface area contributed by atoms with Crippen LogP contribution in [0.4, 0.5) is 13.2 Å². The summed E-state index contributed by atoms with van der Waals surface area (Å²) in [7, 11) is 0. The molecule has 0 radical (unpaired) electrons. The summed E-state index contributed by atoms with van der Waals surface area (Å²) >= 11 is 0. The lowest BCUT2D eigenvalue weighted by molar-refractivity contribution is -0.137. The van der Waals surface area contributed by atoms with Crippen LogP contribution in [0.2, 0.25) is 0 Å². The Bertz CT molecular complexity index is 953. The van der Waals surface area contributed by atoms with E-state index in [4.69, 9.17) is 0 Å². The number of alkyl halides is 3. The molecule has 1 heterocycles. The largest absolute Gasteiger partial charge is 0.416 e. The van der Waals surface area contributed by atoms with Crippen molar-refractivity contribution in [1.82, 2.24) is 4.57 Å². The van der Waals surface area contributed by atoms with Crippen LogP contribution >= 0.6 is 0 Å². The number of carbonyl (C=O) groups excluding carboxylic acids is 2. The summed E-state index contributed by atoms with van der Waals surface area (Å²) < 4.78 is 39.7. The smallest absolute Gasteiger partial charge is 0.338 e. The zero-order chi connectivity index (χ0) is 18.2. The molecule has 0 saturated heterocycles. The van der Waals surface area contributed by atoms with Gasteiger partial charge in [0.05, 0.1) is 11.3 Å². The molecule has 3 nitrogen and oxygen atoms in total. The fraction of sp³-hybridized carbons (Fsp3) is 0.158. The standard InChI is InChI=1S/C19H14F3NO2/c1-2-23-16-8-3-12(11-24)9-14(16)10-17(23)18(25)13-4-6-15(7-5-13)19(20,21)22/h3-11H,2H2,1H3. The van der Waals surface area contributed by atoms with Crippen LogP contribution in [0, 0.1) is 0 Å². The molecule has 0 aliphatic carbocycles. The molecule has 2 aromatic carbocycles. The zero-order valence-electron chi connectivity index (χ0n) is 13.3. The topological polar surface area (TPSA) is 39.1 Å². The molecular weight excluding hydrogens is 331 g/mol. The molecule has 0 unspecified atom stereocenters. The van der Waals surface area contributed by atoms with Crippen molar-refractivity contribution in [3.05, 3.63) is 70.9 Å². The van der Waals surface area contributed by atoms with Crippen molar-refractivity contribution in [2.75, 3.05) is 0 Å². The van der Waals surface area contributed by atoms with E-state index >= 15 is 0 Å². The van der Waals surface area contributed by atoms with Gasteiger partial charge in [-0.05, 0) is 43.3 Å². The van der Waals surface area contributed by atoms with Crippen molar-refractivity contribution in [2.24, 2.45) is 0 Å². The molecule has 0 spiro atoms. The molecule has 0 N–H and O–H groups in total. The number of nitrogens with zero attached hydrogens (tertiary/aromatic N) is 1. The number of ketones is 1. The van der Waals surface area contributed by atoms with Crippen molar-refractivity contribution in [3.63, 3.8) is 0 Å². The van der Waals surface area contributed by atoms with Crippen molar-refractivity contribution in [2.45, 2.75) is 19.6 Å². The lowest BCUT2D eigenvalue weighted by Gasteiger charge is -2.09. The molecule has 0 fully saturated rings. The average Bonchev–Trinajstić information content (AvgIpc) is 2.97. The van der Waals surface area contributed by atoms with Crippen LogP contribution in [-0.4, -0.2) is 16.6 Å². The minimum Gasteiger partial charge on any atom is -0.338 e. The molecule has 0 atom stereocenters. The Morgan fingerprint density at radius 2 is 1.76 bits per heavy atom. The molecule has 0 amide bonds. The first-order valence-corrected chi connectivity index (χ1v) is 7.65. The summed E-state index contributed by atoms with van der Waals surface area (Å²) in [6.07, 6.45) is -3.72. The molecule has 3 rings (SSSR count). The summed E-state index contributed by atoms with van der Waals surface area (Å²) in [4.78, 5) is 23.7. The van der Waals surface area contributed by atoms with Gasteiger partial charge in [-0.25, -0.2) is 0 Å². The van der Waals surface area contributed by atoms with Gasteiger partial charge in [-0.1, -0.05) is 12.1 Å². The van der Waals surface area contributed by atoms with Gasteiger partial charge in [-0.3, -0.25) is 9.59 Å². The van der Waals surface area contributed by atoms with Crippen LogP contribution in [0.15, 0.2) is 48.5 Å². The number of aryl methyl sites for hydroxylation is 1. The van der Waals surface area contributed by atoms with Gasteiger partial charge >= 0.3 is 6.18 Å². The summed E-state index contributed by atoms with van der Waals surface area (Å²) in [5.74, 6) is -0.362. The van der Waals surface area contributed by atoms with E-state index in [2.05, 4.69) is 0 Å². The maximum Gasteiger partial charge on any atom is 0.416 e. The third-order valence-corrected chi connectivity index (χ3v) is 4.08. The molecule has 128 valence electrons. The van der Waals surface area contributed by atoms with Crippen LogP contribution in [0.1, 0.15) is 38.9 Å². The van der Waals surface area contributed by atoms with Crippen molar-refractivity contribution in [3.8, 4) is 0 Å². The van der Waals surface area contributed by atoms with E-state index in [1.54, 1.807) is 28.8 Å². The van der Waals surface area contributed by atoms with E-state index in [1.165, 1.54) is 12.1 Å². The third-order valence-electron chi connectivity index (χ3n) is 4.08. The van der Waals surface area contributed by atoms with E-state index in [-0.39, 0.29) is 11.3 Å². The fourth-order valence-electron chi connectivity index (χ4n) is 2.85. The maximum atomic E-state index is 12.7. The predicted octanol–water partition coefficient (Wildman–Crippen LogP) is 4.72. The Balaban J connectivity index is 2.06. The second-order valence-electron chi connectivity index (χ2n) is 5.61. The van der Waals surface area contributed by atoms with E-state index in [0.717, 1.165) is 29.3 Å². The normalized spacial score (nSPS) is 11.7. The average molecular weight is 345 g/mol. The molecule has 0 aliphatic heterocycles. The SMILES string of the molecule is CCn1c(C(=O)c2ccc(C(F)(F)F)cc2)cc2cc(C=O)ccc21. The highest BCUT2D eigenvalue weighted by molar-refractivity contribution is 6.10. The summed E-state index contributed by atoms with van der Waals surface area (Å²) in [6.45, 7) is 2.39. The first-order valence-electron chi connectivity index (χ1n) is 7.65. The van der Waals surface area contributed by atoms with Gasteiger partial charge in [0.1, 0.15) is 6.29 Å². The second-order valence-corrected chi connectivity index (χ2v) is 5.61. The van der Waals surface area contributed by atoms with Crippen molar-refractivity contribution < 1.29 is 22.8 Å². The van der Waals surface area contributed by atoms with Crippen LogP contribution < -0.4 is 0 Å². The van der Waals surface area contributed by atoms with E-state index < -0.39 is 11.7 Å². The Morgan fingerprint density at radius 1 is 1.08 bits per heavy atom. The van der Waals surface area contributed by atoms with Gasteiger partial charge in [0, 0.05) is 28.6 Å². The van der Waals surface area contributed by atoms with E-state index in [9.17, 15) is 22.8 Å². The number of carbonyl (C=O) groups is 2. The molecule has 25 heavy (non-hydrogen) atoms. The molecule has 0 bridgehead atoms. The maximum absolute atomic E-state index is 12.7. The number of benzene rings is 2. The van der Waals surface area contributed by atoms with Crippen LogP contribution in [0.3, 0.4) is 0 Å². The quantitative estimate of drug-likeness (QED) is 0.507. The number of aldehydes is 1. The Morgan fingerprint density at radius 3 is 2.32 bits per heavy atom. The van der Waals surface area contributed by atoms with Gasteiger partial charge in [0.15, 0.2) is 0 Å². The fourth-order valence-corrected chi connectivity index (χ4v) is 2.85. The third kappa shape index (κ3) is 3.07. The molecule has 0 saturated carbocycles. The Kier molecular flexibility index (Phi) is 4.20. The molecule has 3 aromatic rings. The van der Waals surface area contributed by atoms with Gasteiger partial charge in [0.25, 0.3) is 0 Å². The predicted molar refractivity (Wildman–Crippen MR) is 87.9 cm³/mol. The van der Waals surface area contributed by atoms with Gasteiger partial charge in [-0.2, -0.15) is 13.2 Å². The number of halogens is 3. The zero-order valence-corrected chi connectivity index (χ0v) is 13.3. The first kappa shape index (κ1) is 17.0. The number of hydrogen-bond acceptors (Lipinski definition) is 2. The lowest BCUT2D eigenvalue weighted by Crippen LogP contribution is -2.10. The van der Waals surface area contributed by atoms with Crippen molar-refractivity contribution >= 4 is 23.0 Å². The van der Waals surface area contributed by atoms with Gasteiger partial charge in [-0.15, -0.1) is 0 Å². The number of fused-ring (bicyclic) bond motifs is 1. The monoisotopic (exact) mass is 345 g/mol. The number of hydrogen-bond donors (Lipinski definition) is 0. The lowest BCUT2D eigenvalue weighted by atomic mass is 10.1. The molecular formula is C19H14F3NO2. The molecule has 1 aromatic heterocycles. The van der Waals surface area contributed by atoms with Crippen LogP contribution in [0.5, 0.6) is 0 Å². The Hall–Kier alpha value is -2.89. The minimum atomic E-state index is -4.44. The van der Waals surface area contributed by atoms with Crippen LogP contribution in [-0.2, 0) is 12.7 Å². The minimum absolute atomic E-state index is 0.182. The summed E-state index contributed by atoms with van der Waals surface area (Å²) in [6, 6.07) is 10.9. The molecule has 6 heteroatoms. The van der Waals surface area contributed by atoms with Gasteiger partial charge < -0.3 is 4.57 Å². The molecule has 0 aliphatic rings. The Labute approximate surface area is 141 Å². The number of rotatable bonds is 4. The van der Waals surface area contributed by atoms with Crippen molar-refractivity contribution in [1.29, 1.82) is 0 Å². The highest BCUT2D eigenvalue weighted by Crippen LogP contribution is 2.30. The highest BCUT2D eigenvalue weighted by atomic mass is 19.4. The summed E-state index contributed by atoms with van der Waals surface area (Å²) in [5.41, 5.74) is 1.05. The van der Waals surface area contributed by atoms with E-state index in [1.807, 2.05) is 6.92 Å². The summed E-state index contributed by atoms with van der Waals surface area (Å²) in [5, 5.41) is 0.738. The first-order chi connectivity index (χ1) is 11.8. The van der Waals surface area contributed by atoms with E-state index in [0.29, 0.717) is 17.8 Å². The van der Waals surface area contributed by atoms with Crippen LogP contribution in [0.25, 0.3) is 10.9 Å². The second kappa shape index (κ2) is 6.20.